The lowest BCUT2D eigenvalue weighted by molar-refractivity contribution is -0.138. The summed E-state index contributed by atoms with van der Waals surface area (Å²) in [5.74, 6) is -1.18. The molecular formula is C40H45F4N7O5S. The van der Waals surface area contributed by atoms with Crippen LogP contribution in [0.5, 0.6) is 5.75 Å². The first-order chi connectivity index (χ1) is 27.0. The quantitative estimate of drug-likeness (QED) is 0.108. The summed E-state index contributed by atoms with van der Waals surface area (Å²) in [5, 5.41) is 7.95. The number of pyridine rings is 1. The number of imide groups is 1. The second kappa shape index (κ2) is 16.7. The molecule has 0 aliphatic carbocycles. The Hall–Kier alpha value is -5.16. The van der Waals surface area contributed by atoms with E-state index in [-0.39, 0.29) is 47.0 Å². The van der Waals surface area contributed by atoms with Crippen molar-refractivity contribution in [3.05, 3.63) is 71.3 Å². The number of anilines is 4. The zero-order valence-electron chi connectivity index (χ0n) is 32.1. The van der Waals surface area contributed by atoms with Gasteiger partial charge in [0.15, 0.2) is 5.11 Å². The summed E-state index contributed by atoms with van der Waals surface area (Å²) in [6, 6.07) is 9.86. The summed E-state index contributed by atoms with van der Waals surface area (Å²) < 4.78 is 61.9. The largest absolute Gasteiger partial charge is 0.493 e. The van der Waals surface area contributed by atoms with Gasteiger partial charge >= 0.3 is 6.18 Å². The summed E-state index contributed by atoms with van der Waals surface area (Å²) in [6.45, 7) is 8.50. The molecule has 3 N–H and O–H groups in total. The van der Waals surface area contributed by atoms with Crippen molar-refractivity contribution in [3.63, 3.8) is 0 Å². The zero-order chi connectivity index (χ0) is 41.2. The van der Waals surface area contributed by atoms with E-state index >= 15 is 0 Å². The van der Waals surface area contributed by atoms with Crippen molar-refractivity contribution in [1.82, 2.24) is 15.2 Å². The van der Waals surface area contributed by atoms with Crippen LogP contribution < -0.4 is 30.5 Å². The number of amides is 4. The van der Waals surface area contributed by atoms with Crippen molar-refractivity contribution in [1.29, 1.82) is 0 Å². The van der Waals surface area contributed by atoms with Gasteiger partial charge in [0.05, 0.1) is 36.3 Å². The average molecular weight is 812 g/mol. The smallest absolute Gasteiger partial charge is 0.418 e. The van der Waals surface area contributed by atoms with Crippen molar-refractivity contribution < 1.29 is 41.5 Å². The number of alkyl halides is 3. The van der Waals surface area contributed by atoms with Gasteiger partial charge in [0.1, 0.15) is 23.1 Å². The van der Waals surface area contributed by atoms with Crippen molar-refractivity contribution in [2.75, 3.05) is 46.7 Å². The van der Waals surface area contributed by atoms with Gasteiger partial charge in [-0.1, -0.05) is 6.92 Å². The minimum Gasteiger partial charge on any atom is -0.493 e. The molecule has 2 aromatic carbocycles. The molecule has 3 saturated heterocycles. The van der Waals surface area contributed by atoms with Crippen LogP contribution in [-0.4, -0.2) is 76.4 Å². The minimum atomic E-state index is -4.64. The Morgan fingerprint density at radius 3 is 2.47 bits per heavy atom. The van der Waals surface area contributed by atoms with E-state index in [2.05, 4.69) is 20.9 Å². The van der Waals surface area contributed by atoms with E-state index in [0.29, 0.717) is 55.6 Å². The number of rotatable bonds is 12. The van der Waals surface area contributed by atoms with E-state index in [0.717, 1.165) is 35.8 Å². The number of likely N-dealkylation sites (tertiary alicyclic amines) is 1. The summed E-state index contributed by atoms with van der Waals surface area (Å²) in [7, 11) is 0. The molecule has 1 atom stereocenters. The molecule has 3 fully saturated rings. The van der Waals surface area contributed by atoms with E-state index < -0.39 is 41.0 Å². The lowest BCUT2D eigenvalue weighted by Gasteiger charge is -2.31. The molecule has 17 heteroatoms. The van der Waals surface area contributed by atoms with Crippen LogP contribution in [0.3, 0.4) is 0 Å². The highest BCUT2D eigenvalue weighted by Gasteiger charge is 2.51. The third-order valence-electron chi connectivity index (χ3n) is 10.7. The van der Waals surface area contributed by atoms with Gasteiger partial charge in [0, 0.05) is 23.5 Å². The maximum absolute atomic E-state index is 14.6. The fourth-order valence-corrected chi connectivity index (χ4v) is 7.94. The Balaban J connectivity index is 0.995. The van der Waals surface area contributed by atoms with Gasteiger partial charge in [-0.15, -0.1) is 0 Å². The number of benzene rings is 2. The first-order valence-corrected chi connectivity index (χ1v) is 19.3. The van der Waals surface area contributed by atoms with Crippen LogP contribution in [0.2, 0.25) is 0 Å². The molecule has 12 nitrogen and oxygen atoms in total. The third kappa shape index (κ3) is 9.20. The topological polar surface area (TPSA) is 136 Å². The average Bonchev–Trinajstić information content (AvgIpc) is 3.33. The number of hydrogen-bond donors (Lipinski definition) is 3. The number of nitrogens with zero attached hydrogens (tertiary/aromatic N) is 4. The normalized spacial score (nSPS) is 19.2. The molecule has 304 valence electrons. The van der Waals surface area contributed by atoms with Crippen LogP contribution in [-0.2, 0) is 31.8 Å². The maximum atomic E-state index is 14.6. The van der Waals surface area contributed by atoms with Crippen LogP contribution in [0.4, 0.5) is 40.3 Å². The second-order valence-electron chi connectivity index (χ2n) is 15.0. The monoisotopic (exact) mass is 811 g/mol. The predicted octanol–water partition coefficient (Wildman–Crippen LogP) is 6.36. The standard InChI is InChI=1S/C40H45F4N7O5S/c1-5-25-18-27(51-38(57)50(37(55)39(51,3)4)28-20-29(40(42,43)44)23(2)45-21-28)7-10-33(25)56-17-14-24-12-15-49(16-13-24)22-35(53)47-32-19-26(6-8-30(32)41)46-31-9-11-34(52)48-36(31)54/h6-8,10,18-21,24,31,46H,5,9,11-17,22H2,1-4H3,(H,47,53)(H,48,52,54). The number of carbonyl (C=O) groups is 4. The van der Waals surface area contributed by atoms with E-state index in [1.54, 1.807) is 24.8 Å². The van der Waals surface area contributed by atoms with Gasteiger partial charge < -0.3 is 20.3 Å². The number of ether oxygens (including phenoxy) is 1. The van der Waals surface area contributed by atoms with Crippen molar-refractivity contribution in [3.8, 4) is 5.75 Å². The fourth-order valence-electron chi connectivity index (χ4n) is 7.41. The van der Waals surface area contributed by atoms with Crippen LogP contribution in [0, 0.1) is 18.7 Å². The van der Waals surface area contributed by atoms with Gasteiger partial charge in [0.2, 0.25) is 17.7 Å². The minimum absolute atomic E-state index is 0.00567. The van der Waals surface area contributed by atoms with Gasteiger partial charge in [-0.05, 0) is 132 Å². The molecule has 0 bridgehead atoms. The summed E-state index contributed by atoms with van der Waals surface area (Å²) in [5.41, 5.74) is -0.455. The molecule has 1 unspecified atom stereocenters. The summed E-state index contributed by atoms with van der Waals surface area (Å²) in [6.07, 6.45) is 0.195. The lowest BCUT2D eigenvalue weighted by Crippen LogP contribution is -2.47. The zero-order valence-corrected chi connectivity index (χ0v) is 32.9. The first kappa shape index (κ1) is 41.5. The molecule has 3 aromatic rings. The highest BCUT2D eigenvalue weighted by molar-refractivity contribution is 7.81. The van der Waals surface area contributed by atoms with Crippen LogP contribution >= 0.6 is 12.2 Å². The first-order valence-electron chi connectivity index (χ1n) is 18.9. The number of hydrogen-bond acceptors (Lipinski definition) is 9. The highest BCUT2D eigenvalue weighted by atomic mass is 32.1. The summed E-state index contributed by atoms with van der Waals surface area (Å²) in [4.78, 5) is 58.7. The second-order valence-corrected chi connectivity index (χ2v) is 15.4. The highest BCUT2D eigenvalue weighted by Crippen LogP contribution is 2.40. The Labute approximate surface area is 333 Å². The van der Waals surface area contributed by atoms with Gasteiger partial charge in [-0.3, -0.25) is 39.3 Å². The van der Waals surface area contributed by atoms with Gasteiger partial charge in [-0.25, -0.2) is 4.39 Å². The Morgan fingerprint density at radius 2 is 1.79 bits per heavy atom. The molecule has 0 spiro atoms. The van der Waals surface area contributed by atoms with Gasteiger partial charge in [-0.2, -0.15) is 13.2 Å². The SMILES string of the molecule is CCc1cc(N2C(=S)N(c3cnc(C)c(C(F)(F)F)c3)C(=O)C2(C)C)ccc1OCCC1CCN(CC(=O)Nc2cc(NC3CCC(=O)NC3=O)ccc2F)CC1. The van der Waals surface area contributed by atoms with Crippen LogP contribution in [0.15, 0.2) is 48.7 Å². The predicted molar refractivity (Wildman–Crippen MR) is 211 cm³/mol. The fraction of sp³-hybridized carbons (Fsp3) is 0.450. The Morgan fingerprint density at radius 1 is 1.05 bits per heavy atom. The molecule has 0 radical (unpaired) electrons. The van der Waals surface area contributed by atoms with Crippen molar-refractivity contribution >= 4 is 63.7 Å². The van der Waals surface area contributed by atoms with E-state index in [9.17, 15) is 36.7 Å². The molecule has 57 heavy (non-hydrogen) atoms. The van der Waals surface area contributed by atoms with Gasteiger partial charge in [0.25, 0.3) is 5.91 Å². The van der Waals surface area contributed by atoms with E-state index in [1.165, 1.54) is 31.3 Å². The summed E-state index contributed by atoms with van der Waals surface area (Å²) >= 11 is 5.71. The van der Waals surface area contributed by atoms with Crippen LogP contribution in [0.1, 0.15) is 69.7 Å². The number of aromatic nitrogens is 1. The van der Waals surface area contributed by atoms with Crippen LogP contribution in [0.25, 0.3) is 0 Å². The molecule has 6 rings (SSSR count). The molecular weight excluding hydrogens is 767 g/mol. The number of carbonyl (C=O) groups excluding carboxylic acids is 4. The third-order valence-corrected chi connectivity index (χ3v) is 11.0. The Bertz CT molecular complexity index is 2070. The molecule has 4 amide bonds. The van der Waals surface area contributed by atoms with E-state index in [4.69, 9.17) is 17.0 Å². The molecule has 1 aromatic heterocycles. The van der Waals surface area contributed by atoms with Crippen molar-refractivity contribution in [2.45, 2.75) is 84.0 Å². The lowest BCUT2D eigenvalue weighted by atomic mass is 9.94. The maximum Gasteiger partial charge on any atom is 0.418 e. The molecule has 4 heterocycles. The number of thiocarbonyl (C=S) groups is 1. The molecule has 0 saturated carbocycles. The van der Waals surface area contributed by atoms with E-state index in [1.807, 2.05) is 24.0 Å². The molecule has 3 aliphatic rings. The number of aryl methyl sites for hydroxylation is 2. The number of nitrogens with one attached hydrogen (secondary N) is 3. The number of halogens is 4. The number of piperidine rings is 2. The van der Waals surface area contributed by atoms with Crippen molar-refractivity contribution in [2.24, 2.45) is 5.92 Å². The Kier molecular flexibility index (Phi) is 12.2. The molecule has 3 aliphatic heterocycles.